The van der Waals surface area contributed by atoms with Crippen molar-refractivity contribution in [3.8, 4) is 6.07 Å². The Morgan fingerprint density at radius 3 is 2.74 bits per heavy atom. The first-order valence-corrected chi connectivity index (χ1v) is 8.09. The van der Waals surface area contributed by atoms with Crippen LogP contribution in [0, 0.1) is 24.2 Å². The number of nitrogens with one attached hydrogen (secondary N) is 1. The van der Waals surface area contributed by atoms with Crippen LogP contribution < -0.4 is 5.32 Å². The molecule has 1 unspecified atom stereocenters. The van der Waals surface area contributed by atoms with E-state index in [0.717, 1.165) is 5.75 Å². The Labute approximate surface area is 119 Å². The lowest BCUT2D eigenvalue weighted by Crippen LogP contribution is -2.49. The Morgan fingerprint density at radius 1 is 1.37 bits per heavy atom. The van der Waals surface area contributed by atoms with Crippen LogP contribution >= 0.6 is 11.8 Å². The topological polar surface area (TPSA) is 35.8 Å². The van der Waals surface area contributed by atoms with Crippen molar-refractivity contribution in [3.63, 3.8) is 0 Å². The number of aryl methyl sites for hydroxylation is 1. The minimum absolute atomic E-state index is 0.296. The molecule has 2 nitrogen and oxygen atoms in total. The molecular weight excluding hydrogens is 252 g/mol. The highest BCUT2D eigenvalue weighted by atomic mass is 32.2. The maximum atomic E-state index is 9.67. The van der Waals surface area contributed by atoms with Crippen molar-refractivity contribution in [1.29, 1.82) is 5.26 Å². The molecule has 1 aromatic rings. The predicted molar refractivity (Wildman–Crippen MR) is 79.1 cm³/mol. The number of benzene rings is 1. The Morgan fingerprint density at radius 2 is 2.16 bits per heavy atom. The van der Waals surface area contributed by atoms with Gasteiger partial charge in [-0.05, 0) is 50.7 Å². The summed E-state index contributed by atoms with van der Waals surface area (Å²) in [5.74, 6) is 1.43. The van der Waals surface area contributed by atoms with Crippen LogP contribution in [-0.2, 0) is 0 Å². The quantitative estimate of drug-likeness (QED) is 0.805. The zero-order valence-electron chi connectivity index (χ0n) is 11.4. The zero-order valence-corrected chi connectivity index (χ0v) is 12.2. The molecule has 2 aliphatic carbocycles. The number of hydrogen-bond donors (Lipinski definition) is 1. The summed E-state index contributed by atoms with van der Waals surface area (Å²) < 4.78 is 0. The Balaban J connectivity index is 1.68. The first-order chi connectivity index (χ1) is 9.22. The molecule has 0 heterocycles. The van der Waals surface area contributed by atoms with Gasteiger partial charge in [-0.25, -0.2) is 0 Å². The summed E-state index contributed by atoms with van der Waals surface area (Å²) in [6.45, 7) is 2.12. The normalized spacial score (nSPS) is 21.7. The van der Waals surface area contributed by atoms with Crippen LogP contribution in [0.15, 0.2) is 29.2 Å². The molecule has 3 heteroatoms. The molecule has 0 radical (unpaired) electrons. The van der Waals surface area contributed by atoms with Crippen LogP contribution in [0.4, 0.5) is 0 Å². The van der Waals surface area contributed by atoms with Gasteiger partial charge >= 0.3 is 0 Å². The maximum Gasteiger partial charge on any atom is 0.119 e. The van der Waals surface area contributed by atoms with E-state index >= 15 is 0 Å². The number of nitriles is 1. The Hall–Kier alpha value is -0.980. The van der Waals surface area contributed by atoms with Crippen molar-refractivity contribution >= 4 is 11.8 Å². The molecule has 1 N–H and O–H groups in total. The van der Waals surface area contributed by atoms with E-state index in [4.69, 9.17) is 0 Å². The largest absolute Gasteiger partial charge is 0.296 e. The fourth-order valence-electron chi connectivity index (χ4n) is 2.50. The summed E-state index contributed by atoms with van der Waals surface area (Å²) in [7, 11) is 0. The van der Waals surface area contributed by atoms with Gasteiger partial charge in [0.2, 0.25) is 0 Å². The van der Waals surface area contributed by atoms with Gasteiger partial charge in [0.05, 0.1) is 6.07 Å². The van der Waals surface area contributed by atoms with Gasteiger partial charge in [-0.1, -0.05) is 17.7 Å². The minimum atomic E-state index is -0.296. The third kappa shape index (κ3) is 3.13. The van der Waals surface area contributed by atoms with Gasteiger partial charge in [0.15, 0.2) is 0 Å². The van der Waals surface area contributed by atoms with E-state index in [1.54, 1.807) is 0 Å². The van der Waals surface area contributed by atoms with Gasteiger partial charge in [0.25, 0.3) is 0 Å². The van der Waals surface area contributed by atoms with Crippen LogP contribution in [0.3, 0.4) is 0 Å². The van der Waals surface area contributed by atoms with Crippen molar-refractivity contribution < 1.29 is 0 Å². The molecule has 0 amide bonds. The molecule has 0 aromatic heterocycles. The fraction of sp³-hybridized carbons (Fsp3) is 0.562. The Kier molecular flexibility index (Phi) is 3.56. The van der Waals surface area contributed by atoms with Crippen molar-refractivity contribution in [2.45, 2.75) is 49.1 Å². The van der Waals surface area contributed by atoms with Crippen LogP contribution in [0.1, 0.15) is 31.2 Å². The highest BCUT2D eigenvalue weighted by molar-refractivity contribution is 7.99. The summed E-state index contributed by atoms with van der Waals surface area (Å²) in [6.07, 6.45) is 4.90. The van der Waals surface area contributed by atoms with Crippen molar-refractivity contribution in [3.05, 3.63) is 29.8 Å². The van der Waals surface area contributed by atoms with E-state index in [1.165, 1.54) is 36.1 Å². The predicted octanol–water partition coefficient (Wildman–Crippen LogP) is 3.51. The van der Waals surface area contributed by atoms with E-state index in [2.05, 4.69) is 42.6 Å². The lowest BCUT2D eigenvalue weighted by molar-refractivity contribution is 0.401. The molecule has 19 heavy (non-hydrogen) atoms. The summed E-state index contributed by atoms with van der Waals surface area (Å²) in [5, 5.41) is 13.3. The summed E-state index contributed by atoms with van der Waals surface area (Å²) in [4.78, 5) is 1.28. The Bertz CT molecular complexity index is 500. The molecule has 2 aliphatic rings. The highest BCUT2D eigenvalue weighted by Gasteiger charge is 2.48. The van der Waals surface area contributed by atoms with Gasteiger partial charge in [-0.15, -0.1) is 11.8 Å². The summed E-state index contributed by atoms with van der Waals surface area (Å²) in [6, 6.07) is 11.8. The van der Waals surface area contributed by atoms with E-state index in [9.17, 15) is 5.26 Å². The molecule has 100 valence electrons. The van der Waals surface area contributed by atoms with Crippen molar-refractivity contribution in [2.24, 2.45) is 5.92 Å². The second-order valence-electron chi connectivity index (χ2n) is 5.88. The summed E-state index contributed by atoms with van der Waals surface area (Å²) in [5.41, 5.74) is 0.990. The smallest absolute Gasteiger partial charge is 0.119 e. The third-order valence-electron chi connectivity index (χ3n) is 3.97. The minimum Gasteiger partial charge on any atom is -0.296 e. The second kappa shape index (κ2) is 5.19. The first-order valence-electron chi connectivity index (χ1n) is 7.10. The average Bonchev–Trinajstić information content (AvgIpc) is 3.27. The van der Waals surface area contributed by atoms with Gasteiger partial charge in [-0.3, -0.25) is 5.32 Å². The van der Waals surface area contributed by atoms with E-state index in [0.29, 0.717) is 12.0 Å². The van der Waals surface area contributed by atoms with E-state index in [-0.39, 0.29) is 5.54 Å². The lowest BCUT2D eigenvalue weighted by atomic mass is 9.97. The molecule has 0 saturated heterocycles. The number of nitrogens with zero attached hydrogens (tertiary/aromatic N) is 1. The molecule has 2 saturated carbocycles. The second-order valence-corrected chi connectivity index (χ2v) is 6.93. The van der Waals surface area contributed by atoms with Crippen LogP contribution in [-0.4, -0.2) is 17.3 Å². The van der Waals surface area contributed by atoms with Gasteiger partial charge in [0, 0.05) is 16.7 Å². The molecule has 0 spiro atoms. The van der Waals surface area contributed by atoms with Gasteiger partial charge < -0.3 is 0 Å². The van der Waals surface area contributed by atoms with Crippen molar-refractivity contribution in [1.82, 2.24) is 5.32 Å². The third-order valence-corrected chi connectivity index (χ3v) is 5.16. The fourth-order valence-corrected chi connectivity index (χ4v) is 3.73. The van der Waals surface area contributed by atoms with Crippen molar-refractivity contribution in [2.75, 3.05) is 5.75 Å². The van der Waals surface area contributed by atoms with E-state index < -0.39 is 0 Å². The molecular formula is C16H20N2S. The van der Waals surface area contributed by atoms with Crippen LogP contribution in [0.5, 0.6) is 0 Å². The standard InChI is InChI=1S/C16H20N2S/c1-12-3-2-4-15(9-12)19-11-16(10-17,13-5-6-13)18-14-7-8-14/h2-4,9,13-14,18H,5-8,11H2,1H3. The monoisotopic (exact) mass is 272 g/mol. The molecule has 0 bridgehead atoms. The summed E-state index contributed by atoms with van der Waals surface area (Å²) >= 11 is 1.82. The van der Waals surface area contributed by atoms with Crippen LogP contribution in [0.25, 0.3) is 0 Å². The molecule has 0 aliphatic heterocycles. The molecule has 3 rings (SSSR count). The number of thioether (sulfide) groups is 1. The molecule has 2 fully saturated rings. The zero-order chi connectivity index (χ0) is 13.3. The van der Waals surface area contributed by atoms with Crippen LogP contribution in [0.2, 0.25) is 0 Å². The van der Waals surface area contributed by atoms with Gasteiger partial charge in [-0.2, -0.15) is 5.26 Å². The maximum absolute atomic E-state index is 9.67. The molecule has 1 atom stereocenters. The SMILES string of the molecule is Cc1cccc(SCC(C#N)(NC2CC2)C2CC2)c1. The first kappa shape index (κ1) is 13.0. The van der Waals surface area contributed by atoms with E-state index in [1.807, 2.05) is 11.8 Å². The number of hydrogen-bond acceptors (Lipinski definition) is 3. The highest BCUT2D eigenvalue weighted by Crippen LogP contribution is 2.43. The molecule has 1 aromatic carbocycles. The number of rotatable bonds is 6. The average molecular weight is 272 g/mol. The van der Waals surface area contributed by atoms with Gasteiger partial charge in [0.1, 0.15) is 5.54 Å². The lowest BCUT2D eigenvalue weighted by Gasteiger charge is -2.28.